The molecule has 1 aromatic carbocycles. The van der Waals surface area contributed by atoms with Crippen molar-refractivity contribution in [2.45, 2.75) is 26.2 Å². The SMILES string of the molecule is CCCc1cc(N(C)CC2CCOC2)c2ccccc2n1. The third kappa shape index (κ3) is 3.18. The molecule has 0 aliphatic carbocycles. The molecule has 3 nitrogen and oxygen atoms in total. The molecule has 1 aromatic heterocycles. The summed E-state index contributed by atoms with van der Waals surface area (Å²) in [6.07, 6.45) is 3.35. The summed E-state index contributed by atoms with van der Waals surface area (Å²) in [5.74, 6) is 0.650. The van der Waals surface area contributed by atoms with Gasteiger partial charge in [0.1, 0.15) is 0 Å². The van der Waals surface area contributed by atoms with Crippen LogP contribution in [0.25, 0.3) is 10.9 Å². The largest absolute Gasteiger partial charge is 0.381 e. The van der Waals surface area contributed by atoms with E-state index in [0.29, 0.717) is 5.92 Å². The van der Waals surface area contributed by atoms with Gasteiger partial charge in [0.05, 0.1) is 12.1 Å². The molecule has 0 radical (unpaired) electrons. The number of fused-ring (bicyclic) bond motifs is 1. The van der Waals surface area contributed by atoms with Crippen LogP contribution < -0.4 is 4.90 Å². The molecule has 0 amide bonds. The van der Waals surface area contributed by atoms with Crippen LogP contribution in [-0.2, 0) is 11.2 Å². The number of anilines is 1. The monoisotopic (exact) mass is 284 g/mol. The summed E-state index contributed by atoms with van der Waals surface area (Å²) >= 11 is 0. The first-order valence-corrected chi connectivity index (χ1v) is 7.95. The van der Waals surface area contributed by atoms with Gasteiger partial charge in [-0.3, -0.25) is 4.98 Å². The molecule has 3 heteroatoms. The highest BCUT2D eigenvalue weighted by atomic mass is 16.5. The topological polar surface area (TPSA) is 25.4 Å². The van der Waals surface area contributed by atoms with Crippen molar-refractivity contribution >= 4 is 16.6 Å². The van der Waals surface area contributed by atoms with Gasteiger partial charge in [-0.1, -0.05) is 31.5 Å². The minimum atomic E-state index is 0.650. The number of para-hydroxylation sites is 1. The summed E-state index contributed by atoms with van der Waals surface area (Å²) in [5, 5.41) is 1.25. The molecule has 0 bridgehead atoms. The second-order valence-electron chi connectivity index (χ2n) is 6.01. The van der Waals surface area contributed by atoms with Crippen LogP contribution in [0.15, 0.2) is 30.3 Å². The number of benzene rings is 1. The number of aromatic nitrogens is 1. The summed E-state index contributed by atoms with van der Waals surface area (Å²) in [6, 6.07) is 10.7. The van der Waals surface area contributed by atoms with E-state index in [-0.39, 0.29) is 0 Å². The molecule has 0 spiro atoms. The van der Waals surface area contributed by atoms with Crippen molar-refractivity contribution in [1.29, 1.82) is 0 Å². The molecule has 1 unspecified atom stereocenters. The molecule has 1 fully saturated rings. The van der Waals surface area contributed by atoms with E-state index in [2.05, 4.69) is 49.2 Å². The van der Waals surface area contributed by atoms with Gasteiger partial charge in [0, 0.05) is 42.9 Å². The van der Waals surface area contributed by atoms with Gasteiger partial charge >= 0.3 is 0 Å². The molecule has 21 heavy (non-hydrogen) atoms. The van der Waals surface area contributed by atoms with E-state index in [1.807, 2.05) is 0 Å². The third-order valence-corrected chi connectivity index (χ3v) is 4.22. The average molecular weight is 284 g/mol. The average Bonchev–Trinajstić information content (AvgIpc) is 2.99. The molecule has 2 heterocycles. The number of aryl methyl sites for hydroxylation is 1. The Bertz CT molecular complexity index is 605. The maximum absolute atomic E-state index is 5.50. The van der Waals surface area contributed by atoms with Gasteiger partial charge in [0.2, 0.25) is 0 Å². The summed E-state index contributed by atoms with van der Waals surface area (Å²) in [4.78, 5) is 7.17. The molecule has 0 N–H and O–H groups in total. The third-order valence-electron chi connectivity index (χ3n) is 4.22. The van der Waals surface area contributed by atoms with E-state index in [9.17, 15) is 0 Å². The van der Waals surface area contributed by atoms with Crippen LogP contribution in [0.3, 0.4) is 0 Å². The molecule has 1 aliphatic heterocycles. The minimum absolute atomic E-state index is 0.650. The van der Waals surface area contributed by atoms with E-state index in [1.165, 1.54) is 23.2 Å². The van der Waals surface area contributed by atoms with Crippen LogP contribution >= 0.6 is 0 Å². The molecular formula is C18H24N2O. The van der Waals surface area contributed by atoms with Crippen molar-refractivity contribution in [3.05, 3.63) is 36.0 Å². The van der Waals surface area contributed by atoms with E-state index in [0.717, 1.165) is 38.1 Å². The smallest absolute Gasteiger partial charge is 0.0726 e. The van der Waals surface area contributed by atoms with Crippen LogP contribution in [0, 0.1) is 5.92 Å². The van der Waals surface area contributed by atoms with Crippen LogP contribution in [-0.4, -0.2) is 31.8 Å². The van der Waals surface area contributed by atoms with Crippen molar-refractivity contribution in [2.75, 3.05) is 31.7 Å². The zero-order chi connectivity index (χ0) is 14.7. The summed E-state index contributed by atoms with van der Waals surface area (Å²) in [7, 11) is 2.19. The molecule has 1 aliphatic rings. The number of nitrogens with zero attached hydrogens (tertiary/aromatic N) is 2. The van der Waals surface area contributed by atoms with E-state index < -0.39 is 0 Å². The molecule has 0 saturated carbocycles. The Morgan fingerprint density at radius 1 is 1.33 bits per heavy atom. The molecule has 1 saturated heterocycles. The molecular weight excluding hydrogens is 260 g/mol. The van der Waals surface area contributed by atoms with Gasteiger partial charge in [0.25, 0.3) is 0 Å². The quantitative estimate of drug-likeness (QED) is 0.838. The Hall–Kier alpha value is -1.61. The minimum Gasteiger partial charge on any atom is -0.381 e. The highest BCUT2D eigenvalue weighted by Gasteiger charge is 2.19. The maximum atomic E-state index is 5.50. The van der Waals surface area contributed by atoms with E-state index >= 15 is 0 Å². The van der Waals surface area contributed by atoms with Gasteiger partial charge < -0.3 is 9.64 Å². The lowest BCUT2D eigenvalue weighted by molar-refractivity contribution is 0.186. The van der Waals surface area contributed by atoms with Gasteiger partial charge in [-0.15, -0.1) is 0 Å². The molecule has 112 valence electrons. The van der Waals surface area contributed by atoms with Crippen LogP contribution in [0.1, 0.15) is 25.5 Å². The Balaban J connectivity index is 1.94. The predicted octanol–water partition coefficient (Wildman–Crippen LogP) is 3.66. The Morgan fingerprint density at radius 2 is 2.19 bits per heavy atom. The van der Waals surface area contributed by atoms with Gasteiger partial charge in [-0.2, -0.15) is 0 Å². The zero-order valence-corrected chi connectivity index (χ0v) is 13.0. The number of pyridine rings is 1. The van der Waals surface area contributed by atoms with Crippen LogP contribution in [0.5, 0.6) is 0 Å². The van der Waals surface area contributed by atoms with E-state index in [4.69, 9.17) is 9.72 Å². The lowest BCUT2D eigenvalue weighted by Crippen LogP contribution is -2.26. The Labute approximate surface area is 126 Å². The highest BCUT2D eigenvalue weighted by molar-refractivity contribution is 5.91. The standard InChI is InChI=1S/C18H24N2O/c1-3-6-15-11-18(16-7-4-5-8-17(16)19-15)20(2)12-14-9-10-21-13-14/h4-5,7-8,11,14H,3,6,9-10,12-13H2,1-2H3. The van der Waals surface area contributed by atoms with Gasteiger partial charge in [-0.05, 0) is 25.0 Å². The van der Waals surface area contributed by atoms with Crippen LogP contribution in [0.4, 0.5) is 5.69 Å². The Morgan fingerprint density at radius 3 is 2.95 bits per heavy atom. The number of rotatable bonds is 5. The molecule has 1 atom stereocenters. The van der Waals surface area contributed by atoms with Crippen molar-refractivity contribution < 1.29 is 4.74 Å². The summed E-state index contributed by atoms with van der Waals surface area (Å²) in [5.41, 5.74) is 3.60. The molecule has 3 rings (SSSR count). The number of ether oxygens (including phenoxy) is 1. The Kier molecular flexibility index (Phi) is 4.39. The van der Waals surface area contributed by atoms with Crippen molar-refractivity contribution in [3.63, 3.8) is 0 Å². The predicted molar refractivity (Wildman–Crippen MR) is 87.9 cm³/mol. The lowest BCUT2D eigenvalue weighted by atomic mass is 10.1. The van der Waals surface area contributed by atoms with E-state index in [1.54, 1.807) is 0 Å². The summed E-state index contributed by atoms with van der Waals surface area (Å²) < 4.78 is 5.50. The van der Waals surface area contributed by atoms with Crippen molar-refractivity contribution in [3.8, 4) is 0 Å². The highest BCUT2D eigenvalue weighted by Crippen LogP contribution is 2.28. The van der Waals surface area contributed by atoms with Crippen molar-refractivity contribution in [2.24, 2.45) is 5.92 Å². The first kappa shape index (κ1) is 14.3. The fourth-order valence-corrected chi connectivity index (χ4v) is 3.12. The first-order valence-electron chi connectivity index (χ1n) is 7.95. The second-order valence-corrected chi connectivity index (χ2v) is 6.01. The fraction of sp³-hybridized carbons (Fsp3) is 0.500. The normalized spacial score (nSPS) is 18.3. The maximum Gasteiger partial charge on any atom is 0.0726 e. The zero-order valence-electron chi connectivity index (χ0n) is 13.0. The molecule has 2 aromatic rings. The fourth-order valence-electron chi connectivity index (χ4n) is 3.12. The summed E-state index contributed by atoms with van der Waals surface area (Å²) in [6.45, 7) is 5.07. The van der Waals surface area contributed by atoms with Gasteiger partial charge in [0.15, 0.2) is 0 Å². The second kappa shape index (κ2) is 6.44. The lowest BCUT2D eigenvalue weighted by Gasteiger charge is -2.24. The van der Waals surface area contributed by atoms with Crippen LogP contribution in [0.2, 0.25) is 0 Å². The van der Waals surface area contributed by atoms with Crippen molar-refractivity contribution in [1.82, 2.24) is 4.98 Å². The van der Waals surface area contributed by atoms with Gasteiger partial charge in [-0.25, -0.2) is 0 Å². The number of hydrogen-bond acceptors (Lipinski definition) is 3. The number of hydrogen-bond donors (Lipinski definition) is 0. The first-order chi connectivity index (χ1) is 10.3.